The molecule has 10 aromatic rings. The molecule has 8 aromatic carbocycles. The second kappa shape index (κ2) is 14.7. The summed E-state index contributed by atoms with van der Waals surface area (Å²) in [6, 6.07) is 73.8. The fourth-order valence-corrected chi connectivity index (χ4v) is 8.72. The standard InChI is InChI=1S/C55H36N4O/c1-3-15-37(16-4-1)38-30-32-41(33-31-38)53-57-52(40-17-5-2-6-18-40)58-54(59-53)43-21-12-24-45(36-43)55(47-26-7-9-28-49(47)60-50-29-10-8-27-48(50)55)44-23-11-20-42(35-44)46-25-13-19-39-22-14-34-56-51(39)46/h1-36H. The maximum absolute atomic E-state index is 6.69. The van der Waals surface area contributed by atoms with E-state index in [1.165, 1.54) is 0 Å². The van der Waals surface area contributed by atoms with Gasteiger partial charge in [0.05, 0.1) is 10.9 Å². The molecule has 0 fully saturated rings. The number of nitrogens with zero attached hydrogens (tertiary/aromatic N) is 4. The fourth-order valence-electron chi connectivity index (χ4n) is 8.72. The van der Waals surface area contributed by atoms with E-state index < -0.39 is 5.41 Å². The van der Waals surface area contributed by atoms with Crippen LogP contribution in [0.4, 0.5) is 0 Å². The Balaban J connectivity index is 1.12. The van der Waals surface area contributed by atoms with E-state index in [0.29, 0.717) is 17.5 Å². The normalized spacial score (nSPS) is 12.6. The molecule has 0 atom stereocenters. The summed E-state index contributed by atoms with van der Waals surface area (Å²) in [6.45, 7) is 0. The van der Waals surface area contributed by atoms with Crippen LogP contribution in [0.2, 0.25) is 0 Å². The third kappa shape index (κ3) is 6.03. The maximum atomic E-state index is 6.69. The predicted octanol–water partition coefficient (Wildman–Crippen LogP) is 13.2. The Labute approximate surface area is 348 Å². The molecule has 5 nitrogen and oxygen atoms in total. The van der Waals surface area contributed by atoms with Gasteiger partial charge < -0.3 is 4.74 Å². The molecule has 1 aliphatic heterocycles. The van der Waals surface area contributed by atoms with E-state index in [-0.39, 0.29) is 0 Å². The molecular formula is C55H36N4O. The topological polar surface area (TPSA) is 60.8 Å². The first-order valence-electron chi connectivity index (χ1n) is 20.1. The number of para-hydroxylation sites is 3. The number of ether oxygens (including phenoxy) is 1. The quantitative estimate of drug-likeness (QED) is 0.162. The highest BCUT2D eigenvalue weighted by atomic mass is 16.5. The van der Waals surface area contributed by atoms with Gasteiger partial charge in [0.25, 0.3) is 0 Å². The van der Waals surface area contributed by atoms with Crippen LogP contribution in [0.3, 0.4) is 0 Å². The predicted molar refractivity (Wildman–Crippen MR) is 241 cm³/mol. The summed E-state index contributed by atoms with van der Waals surface area (Å²) in [5.74, 6) is 3.43. The first-order valence-corrected chi connectivity index (χ1v) is 20.1. The van der Waals surface area contributed by atoms with E-state index >= 15 is 0 Å². The van der Waals surface area contributed by atoms with Crippen LogP contribution in [0.15, 0.2) is 219 Å². The van der Waals surface area contributed by atoms with Crippen LogP contribution in [-0.4, -0.2) is 19.9 Å². The van der Waals surface area contributed by atoms with Crippen LogP contribution < -0.4 is 4.74 Å². The van der Waals surface area contributed by atoms with E-state index in [1.807, 2.05) is 60.8 Å². The van der Waals surface area contributed by atoms with Crippen molar-refractivity contribution < 1.29 is 4.74 Å². The monoisotopic (exact) mass is 768 g/mol. The summed E-state index contributed by atoms with van der Waals surface area (Å²) in [5.41, 5.74) is 11.6. The molecule has 0 radical (unpaired) electrons. The molecule has 11 rings (SSSR count). The molecule has 0 spiro atoms. The molecule has 0 bridgehead atoms. The van der Waals surface area contributed by atoms with Gasteiger partial charge in [-0.3, -0.25) is 4.98 Å². The second-order valence-corrected chi connectivity index (χ2v) is 15.0. The first kappa shape index (κ1) is 35.2. The lowest BCUT2D eigenvalue weighted by molar-refractivity contribution is 0.434. The minimum atomic E-state index is -0.777. The van der Waals surface area contributed by atoms with Gasteiger partial charge in [0.15, 0.2) is 17.5 Å². The average Bonchev–Trinajstić information content (AvgIpc) is 3.33. The lowest BCUT2D eigenvalue weighted by atomic mass is 9.63. The average molecular weight is 769 g/mol. The van der Waals surface area contributed by atoms with Crippen LogP contribution in [0, 0.1) is 0 Å². The van der Waals surface area contributed by atoms with Crippen molar-refractivity contribution in [2.75, 3.05) is 0 Å². The van der Waals surface area contributed by atoms with Gasteiger partial charge in [-0.1, -0.05) is 182 Å². The number of benzene rings is 8. The van der Waals surface area contributed by atoms with E-state index in [2.05, 4.69) is 158 Å². The summed E-state index contributed by atoms with van der Waals surface area (Å²) in [6.07, 6.45) is 1.86. The van der Waals surface area contributed by atoms with E-state index in [1.54, 1.807) is 0 Å². The Morgan fingerprint density at radius 2 is 0.817 bits per heavy atom. The maximum Gasteiger partial charge on any atom is 0.164 e. The number of fused-ring (bicyclic) bond motifs is 3. The van der Waals surface area contributed by atoms with Gasteiger partial charge in [-0.2, -0.15) is 0 Å². The molecule has 0 saturated heterocycles. The number of hydrogen-bond acceptors (Lipinski definition) is 5. The molecule has 60 heavy (non-hydrogen) atoms. The molecule has 1 aliphatic rings. The highest BCUT2D eigenvalue weighted by Crippen LogP contribution is 2.56. The summed E-state index contributed by atoms with van der Waals surface area (Å²) < 4.78 is 6.69. The Morgan fingerprint density at radius 1 is 0.350 bits per heavy atom. The highest BCUT2D eigenvalue weighted by molar-refractivity contribution is 5.94. The SMILES string of the molecule is c1ccc(-c2ccc(-c3nc(-c4ccccc4)nc(-c4cccc(C5(c6cccc(-c7cccc8cccnc78)c6)c6ccccc6Oc6ccccc65)c4)n3)cc2)cc1. The van der Waals surface area contributed by atoms with Crippen molar-refractivity contribution in [2.45, 2.75) is 5.41 Å². The summed E-state index contributed by atoms with van der Waals surface area (Å²) in [4.78, 5) is 20.2. The van der Waals surface area contributed by atoms with Crippen molar-refractivity contribution in [1.29, 1.82) is 0 Å². The molecular weight excluding hydrogens is 733 g/mol. The second-order valence-electron chi connectivity index (χ2n) is 15.0. The van der Waals surface area contributed by atoms with Gasteiger partial charge in [0, 0.05) is 45.0 Å². The van der Waals surface area contributed by atoms with Crippen LogP contribution in [0.25, 0.3) is 67.3 Å². The van der Waals surface area contributed by atoms with E-state index in [9.17, 15) is 0 Å². The Hall–Kier alpha value is -8.02. The molecule has 0 saturated carbocycles. The zero-order valence-corrected chi connectivity index (χ0v) is 32.5. The third-order valence-electron chi connectivity index (χ3n) is 11.5. The minimum Gasteiger partial charge on any atom is -0.457 e. The molecule has 282 valence electrons. The Bertz CT molecular complexity index is 3130. The van der Waals surface area contributed by atoms with Gasteiger partial charge in [-0.05, 0) is 58.1 Å². The molecule has 0 unspecified atom stereocenters. The largest absolute Gasteiger partial charge is 0.457 e. The van der Waals surface area contributed by atoms with Gasteiger partial charge in [0.2, 0.25) is 0 Å². The molecule has 0 N–H and O–H groups in total. The van der Waals surface area contributed by atoms with Crippen molar-refractivity contribution >= 4 is 10.9 Å². The van der Waals surface area contributed by atoms with E-state index in [0.717, 1.165) is 83.6 Å². The van der Waals surface area contributed by atoms with Gasteiger partial charge in [-0.15, -0.1) is 0 Å². The molecule has 0 aliphatic carbocycles. The third-order valence-corrected chi connectivity index (χ3v) is 11.5. The summed E-state index contributed by atoms with van der Waals surface area (Å²) in [5, 5.41) is 1.10. The Morgan fingerprint density at radius 3 is 1.48 bits per heavy atom. The number of aromatic nitrogens is 4. The summed E-state index contributed by atoms with van der Waals surface area (Å²) in [7, 11) is 0. The van der Waals surface area contributed by atoms with Crippen molar-refractivity contribution in [3.8, 4) is 67.9 Å². The molecule has 5 heteroatoms. The van der Waals surface area contributed by atoms with Crippen molar-refractivity contribution in [3.63, 3.8) is 0 Å². The molecule has 3 heterocycles. The fraction of sp³-hybridized carbons (Fsp3) is 0.0182. The van der Waals surface area contributed by atoms with Crippen LogP contribution >= 0.6 is 0 Å². The van der Waals surface area contributed by atoms with Crippen LogP contribution in [-0.2, 0) is 5.41 Å². The van der Waals surface area contributed by atoms with E-state index in [4.69, 9.17) is 24.7 Å². The van der Waals surface area contributed by atoms with Crippen molar-refractivity contribution in [2.24, 2.45) is 0 Å². The smallest absolute Gasteiger partial charge is 0.164 e. The number of pyridine rings is 1. The van der Waals surface area contributed by atoms with Gasteiger partial charge in [0.1, 0.15) is 11.5 Å². The Kier molecular flexibility index (Phi) is 8.63. The summed E-state index contributed by atoms with van der Waals surface area (Å²) >= 11 is 0. The van der Waals surface area contributed by atoms with Crippen LogP contribution in [0.5, 0.6) is 11.5 Å². The number of rotatable bonds is 7. The lowest BCUT2D eigenvalue weighted by Crippen LogP contribution is -2.34. The van der Waals surface area contributed by atoms with Gasteiger partial charge in [-0.25, -0.2) is 15.0 Å². The minimum absolute atomic E-state index is 0.590. The lowest BCUT2D eigenvalue weighted by Gasteiger charge is -2.41. The number of hydrogen-bond donors (Lipinski definition) is 0. The first-order chi connectivity index (χ1) is 29.7. The van der Waals surface area contributed by atoms with Crippen LogP contribution in [0.1, 0.15) is 22.3 Å². The highest BCUT2D eigenvalue weighted by Gasteiger charge is 2.45. The van der Waals surface area contributed by atoms with Crippen molar-refractivity contribution in [3.05, 3.63) is 241 Å². The molecule has 2 aromatic heterocycles. The van der Waals surface area contributed by atoms with Gasteiger partial charge >= 0.3 is 0 Å². The van der Waals surface area contributed by atoms with Crippen molar-refractivity contribution in [1.82, 2.24) is 19.9 Å². The molecule has 0 amide bonds. The zero-order valence-electron chi connectivity index (χ0n) is 32.5. The zero-order chi connectivity index (χ0) is 39.9.